The SMILES string of the molecule is CCC(NC(=O)NCCc1cc2ccccc2[nH]1)c1noc(C)n1. The maximum Gasteiger partial charge on any atom is 0.315 e. The highest BCUT2D eigenvalue weighted by Crippen LogP contribution is 2.15. The zero-order valence-electron chi connectivity index (χ0n) is 13.8. The number of aryl methyl sites for hydroxylation is 1. The first kappa shape index (κ1) is 16.0. The standard InChI is InChI=1S/C17H21N5O2/c1-3-14(16-19-11(2)24-22-16)21-17(23)18-9-8-13-10-12-6-4-5-7-15(12)20-13/h4-7,10,14,20H,3,8-9H2,1-2H3,(H2,18,21,23). The summed E-state index contributed by atoms with van der Waals surface area (Å²) in [6.45, 7) is 4.23. The second-order valence-electron chi connectivity index (χ2n) is 5.66. The Balaban J connectivity index is 1.49. The number of aromatic amines is 1. The first-order valence-corrected chi connectivity index (χ1v) is 8.07. The molecule has 0 bridgehead atoms. The summed E-state index contributed by atoms with van der Waals surface area (Å²) in [5, 5.41) is 10.8. The summed E-state index contributed by atoms with van der Waals surface area (Å²) in [6.07, 6.45) is 1.43. The van der Waals surface area contributed by atoms with Crippen LogP contribution in [0.25, 0.3) is 10.9 Å². The number of amides is 2. The smallest absolute Gasteiger partial charge is 0.315 e. The van der Waals surface area contributed by atoms with Crippen LogP contribution in [0.3, 0.4) is 0 Å². The normalized spacial score (nSPS) is 12.2. The molecule has 0 fully saturated rings. The Kier molecular flexibility index (Phi) is 4.79. The third-order valence-corrected chi connectivity index (χ3v) is 3.83. The van der Waals surface area contributed by atoms with Crippen LogP contribution in [-0.2, 0) is 6.42 Å². The van der Waals surface area contributed by atoms with Gasteiger partial charge in [0.05, 0.1) is 6.04 Å². The van der Waals surface area contributed by atoms with Crippen molar-refractivity contribution in [3.05, 3.63) is 47.7 Å². The molecule has 1 atom stereocenters. The van der Waals surface area contributed by atoms with Gasteiger partial charge in [0.15, 0.2) is 5.82 Å². The van der Waals surface area contributed by atoms with E-state index in [-0.39, 0.29) is 12.1 Å². The lowest BCUT2D eigenvalue weighted by Gasteiger charge is -2.13. The van der Waals surface area contributed by atoms with Crippen molar-refractivity contribution in [3.63, 3.8) is 0 Å². The van der Waals surface area contributed by atoms with E-state index in [9.17, 15) is 4.79 Å². The van der Waals surface area contributed by atoms with Crippen molar-refractivity contribution in [2.24, 2.45) is 0 Å². The van der Waals surface area contributed by atoms with Crippen molar-refractivity contribution in [2.45, 2.75) is 32.7 Å². The van der Waals surface area contributed by atoms with Gasteiger partial charge in [-0.2, -0.15) is 4.98 Å². The van der Waals surface area contributed by atoms with Crippen LogP contribution in [0.2, 0.25) is 0 Å². The van der Waals surface area contributed by atoms with Gasteiger partial charge in [-0.3, -0.25) is 0 Å². The molecule has 0 saturated heterocycles. The number of H-pyrrole nitrogens is 1. The van der Waals surface area contributed by atoms with Gasteiger partial charge in [0.1, 0.15) is 0 Å². The third kappa shape index (κ3) is 3.73. The number of urea groups is 1. The summed E-state index contributed by atoms with van der Waals surface area (Å²) < 4.78 is 4.96. The highest BCUT2D eigenvalue weighted by molar-refractivity contribution is 5.80. The van der Waals surface area contributed by atoms with Crippen molar-refractivity contribution < 1.29 is 9.32 Å². The van der Waals surface area contributed by atoms with Gasteiger partial charge >= 0.3 is 6.03 Å². The second kappa shape index (κ2) is 7.16. The lowest BCUT2D eigenvalue weighted by atomic mass is 10.2. The van der Waals surface area contributed by atoms with E-state index in [1.165, 1.54) is 5.39 Å². The van der Waals surface area contributed by atoms with Crippen LogP contribution in [-0.4, -0.2) is 27.7 Å². The van der Waals surface area contributed by atoms with Crippen molar-refractivity contribution in [2.75, 3.05) is 6.54 Å². The van der Waals surface area contributed by atoms with E-state index in [2.05, 4.69) is 37.9 Å². The molecule has 7 heteroatoms. The van der Waals surface area contributed by atoms with Crippen LogP contribution in [0.5, 0.6) is 0 Å². The number of aromatic nitrogens is 3. The Bertz CT molecular complexity index is 790. The summed E-state index contributed by atoms with van der Waals surface area (Å²) in [4.78, 5) is 19.5. The molecule has 0 spiro atoms. The zero-order chi connectivity index (χ0) is 16.9. The minimum absolute atomic E-state index is 0.236. The van der Waals surface area contributed by atoms with Crippen molar-refractivity contribution in [1.82, 2.24) is 25.8 Å². The number of carbonyl (C=O) groups excluding carboxylic acids is 1. The number of hydrogen-bond donors (Lipinski definition) is 3. The Labute approximate surface area is 139 Å². The molecule has 0 aliphatic carbocycles. The predicted octanol–water partition coefficient (Wildman–Crippen LogP) is 2.85. The van der Waals surface area contributed by atoms with E-state index in [0.717, 1.165) is 17.6 Å². The fourth-order valence-electron chi connectivity index (χ4n) is 2.59. The van der Waals surface area contributed by atoms with Crippen LogP contribution in [0.1, 0.15) is 36.8 Å². The average molecular weight is 327 g/mol. The summed E-state index contributed by atoms with van der Waals surface area (Å²) in [6, 6.07) is 9.73. The van der Waals surface area contributed by atoms with Gasteiger partial charge in [0.25, 0.3) is 0 Å². The fraction of sp³-hybridized carbons (Fsp3) is 0.353. The Morgan fingerprint density at radius 2 is 2.21 bits per heavy atom. The van der Waals surface area contributed by atoms with Gasteiger partial charge in [-0.05, 0) is 23.9 Å². The molecule has 0 aliphatic heterocycles. The summed E-state index contributed by atoms with van der Waals surface area (Å²) in [5.41, 5.74) is 2.20. The first-order valence-electron chi connectivity index (χ1n) is 8.07. The van der Waals surface area contributed by atoms with Crippen LogP contribution in [0.15, 0.2) is 34.9 Å². The summed E-state index contributed by atoms with van der Waals surface area (Å²) in [7, 11) is 0. The van der Waals surface area contributed by atoms with E-state index in [1.807, 2.05) is 25.1 Å². The molecular weight excluding hydrogens is 306 g/mol. The van der Waals surface area contributed by atoms with Crippen molar-refractivity contribution in [3.8, 4) is 0 Å². The van der Waals surface area contributed by atoms with Gasteiger partial charge in [-0.1, -0.05) is 30.3 Å². The van der Waals surface area contributed by atoms with Crippen LogP contribution < -0.4 is 10.6 Å². The molecule has 0 saturated carbocycles. The first-order chi connectivity index (χ1) is 11.7. The van der Waals surface area contributed by atoms with Gasteiger partial charge in [0, 0.05) is 31.1 Å². The Morgan fingerprint density at radius 1 is 1.38 bits per heavy atom. The molecule has 1 unspecified atom stereocenters. The predicted molar refractivity (Wildman–Crippen MR) is 90.6 cm³/mol. The van der Waals surface area contributed by atoms with E-state index in [4.69, 9.17) is 4.52 Å². The number of carbonyl (C=O) groups is 1. The van der Waals surface area contributed by atoms with Gasteiger partial charge < -0.3 is 20.1 Å². The molecule has 0 aliphatic rings. The molecular formula is C17H21N5O2. The summed E-state index contributed by atoms with van der Waals surface area (Å²) in [5.74, 6) is 0.991. The molecule has 3 N–H and O–H groups in total. The van der Waals surface area contributed by atoms with E-state index < -0.39 is 0 Å². The quantitative estimate of drug-likeness (QED) is 0.648. The number of fused-ring (bicyclic) bond motifs is 1. The molecule has 2 amide bonds. The molecule has 24 heavy (non-hydrogen) atoms. The van der Waals surface area contributed by atoms with Crippen LogP contribution in [0.4, 0.5) is 4.79 Å². The lowest BCUT2D eigenvalue weighted by Crippen LogP contribution is -2.39. The monoisotopic (exact) mass is 327 g/mol. The highest BCUT2D eigenvalue weighted by Gasteiger charge is 2.17. The lowest BCUT2D eigenvalue weighted by molar-refractivity contribution is 0.236. The van der Waals surface area contributed by atoms with Gasteiger partial charge in [-0.15, -0.1) is 0 Å². The number of benzene rings is 1. The molecule has 0 radical (unpaired) electrons. The van der Waals surface area contributed by atoms with Crippen molar-refractivity contribution >= 4 is 16.9 Å². The van der Waals surface area contributed by atoms with Crippen LogP contribution in [0, 0.1) is 6.92 Å². The number of rotatable bonds is 6. The summed E-state index contributed by atoms with van der Waals surface area (Å²) >= 11 is 0. The molecule has 1 aromatic carbocycles. The minimum Gasteiger partial charge on any atom is -0.358 e. The van der Waals surface area contributed by atoms with E-state index >= 15 is 0 Å². The van der Waals surface area contributed by atoms with E-state index in [1.54, 1.807) is 6.92 Å². The van der Waals surface area contributed by atoms with Crippen molar-refractivity contribution in [1.29, 1.82) is 0 Å². The topological polar surface area (TPSA) is 95.8 Å². The van der Waals surface area contributed by atoms with Gasteiger partial charge in [0.2, 0.25) is 5.89 Å². The largest absolute Gasteiger partial charge is 0.358 e. The maximum atomic E-state index is 12.0. The minimum atomic E-state index is -0.254. The fourth-order valence-corrected chi connectivity index (χ4v) is 2.59. The highest BCUT2D eigenvalue weighted by atomic mass is 16.5. The zero-order valence-corrected chi connectivity index (χ0v) is 13.8. The molecule has 2 aromatic heterocycles. The Morgan fingerprint density at radius 3 is 2.92 bits per heavy atom. The Hall–Kier alpha value is -2.83. The maximum absolute atomic E-state index is 12.0. The molecule has 3 rings (SSSR count). The molecule has 2 heterocycles. The second-order valence-corrected chi connectivity index (χ2v) is 5.66. The molecule has 7 nitrogen and oxygen atoms in total. The number of nitrogens with zero attached hydrogens (tertiary/aromatic N) is 2. The van der Waals surface area contributed by atoms with Crippen LogP contribution >= 0.6 is 0 Å². The van der Waals surface area contributed by atoms with E-state index in [0.29, 0.717) is 24.7 Å². The van der Waals surface area contributed by atoms with Gasteiger partial charge in [-0.25, -0.2) is 4.79 Å². The number of para-hydroxylation sites is 1. The third-order valence-electron chi connectivity index (χ3n) is 3.83. The number of hydrogen-bond acceptors (Lipinski definition) is 4. The average Bonchev–Trinajstić information content (AvgIpc) is 3.18. The molecule has 126 valence electrons. The number of nitrogens with one attached hydrogen (secondary N) is 3. The molecule has 3 aromatic rings.